The quantitative estimate of drug-likeness (QED) is 0.785. The summed E-state index contributed by atoms with van der Waals surface area (Å²) < 4.78 is 4.54. The highest BCUT2D eigenvalue weighted by atomic mass is 32.6. The number of aromatic nitrogens is 1. The van der Waals surface area contributed by atoms with Gasteiger partial charge in [-0.3, -0.25) is 4.79 Å². The van der Waals surface area contributed by atoms with E-state index in [0.29, 0.717) is 5.78 Å². The summed E-state index contributed by atoms with van der Waals surface area (Å²) in [7, 11) is 6.10. The summed E-state index contributed by atoms with van der Waals surface area (Å²) in [5.41, 5.74) is 2.08. The Hall–Kier alpha value is 1.02. The Bertz CT molecular complexity index is 422. The smallest absolute Gasteiger partial charge is 0.169 e. The lowest BCUT2D eigenvalue weighted by molar-refractivity contribution is 0.0897. The van der Waals surface area contributed by atoms with E-state index >= 15 is 0 Å². The second-order valence-corrected chi connectivity index (χ2v) is 14.1. The molecule has 1 heterocycles. The number of Topliss-reactive ketones (excluding diaryl/α,β-unsaturated/α-hetero) is 1. The highest BCUT2D eigenvalue weighted by Crippen LogP contribution is 2.65. The van der Waals surface area contributed by atoms with Crippen molar-refractivity contribution < 1.29 is 4.79 Å². The molecule has 0 aromatic carbocycles. The Labute approximate surface area is 114 Å². The van der Waals surface area contributed by atoms with E-state index in [4.69, 9.17) is 0 Å². The van der Waals surface area contributed by atoms with Crippen molar-refractivity contribution in [2.24, 2.45) is 5.92 Å². The Balaban J connectivity index is 2.32. The minimum absolute atomic E-state index is 0.254. The minimum Gasteiger partial charge on any atom is -0.294 e. The number of rotatable bonds is 4. The van der Waals surface area contributed by atoms with Crippen LogP contribution in [-0.4, -0.2) is 10.2 Å². The third kappa shape index (κ3) is 2.96. The maximum absolute atomic E-state index is 12.5. The van der Waals surface area contributed by atoms with E-state index in [-0.39, 0.29) is 13.2 Å². The van der Waals surface area contributed by atoms with Gasteiger partial charge in [0.2, 0.25) is 0 Å². The van der Waals surface area contributed by atoms with E-state index in [9.17, 15) is 4.79 Å². The van der Waals surface area contributed by atoms with Crippen molar-refractivity contribution in [3.63, 3.8) is 0 Å². The van der Waals surface area contributed by atoms with Crippen LogP contribution < -0.4 is 5.44 Å². The second-order valence-electron chi connectivity index (χ2n) is 4.19. The van der Waals surface area contributed by atoms with Gasteiger partial charge >= 0.3 is 0 Å². The van der Waals surface area contributed by atoms with Crippen LogP contribution in [0, 0.1) is 5.92 Å². The molecule has 1 aliphatic carbocycles. The molecular formula is C10H17NOP4S. The Morgan fingerprint density at radius 3 is 3.06 bits per heavy atom. The van der Waals surface area contributed by atoms with E-state index in [1.54, 1.807) is 11.5 Å². The van der Waals surface area contributed by atoms with Gasteiger partial charge in [-0.15, -0.1) is 17.9 Å². The van der Waals surface area contributed by atoms with Crippen molar-refractivity contribution in [3.05, 3.63) is 10.4 Å². The number of aryl methyl sites for hydroxylation is 1. The van der Waals surface area contributed by atoms with Gasteiger partial charge in [0.15, 0.2) is 5.78 Å². The first-order valence-electron chi connectivity index (χ1n) is 5.72. The van der Waals surface area contributed by atoms with Crippen LogP contribution >= 0.6 is 44.6 Å². The second kappa shape index (κ2) is 6.45. The SMILES string of the molecule is CCCC1CCc2snc(P(P)PP)c2C1=O. The Morgan fingerprint density at radius 2 is 2.41 bits per heavy atom. The van der Waals surface area contributed by atoms with Crippen molar-refractivity contribution in [1.82, 2.24) is 4.37 Å². The summed E-state index contributed by atoms with van der Waals surface area (Å²) >= 11 is 1.55. The van der Waals surface area contributed by atoms with Gasteiger partial charge in [-0.2, -0.15) is 4.37 Å². The van der Waals surface area contributed by atoms with Crippen LogP contribution in [0.3, 0.4) is 0 Å². The maximum atomic E-state index is 12.5. The molecule has 1 aromatic heterocycles. The van der Waals surface area contributed by atoms with Gasteiger partial charge in [0.25, 0.3) is 0 Å². The van der Waals surface area contributed by atoms with Crippen LogP contribution in [-0.2, 0) is 6.42 Å². The lowest BCUT2D eigenvalue weighted by Crippen LogP contribution is -2.25. The zero-order chi connectivity index (χ0) is 12.4. The number of hydrogen-bond donors (Lipinski definition) is 0. The van der Waals surface area contributed by atoms with Crippen molar-refractivity contribution in [1.29, 1.82) is 0 Å². The fraction of sp³-hybridized carbons (Fsp3) is 0.600. The van der Waals surface area contributed by atoms with Crippen LogP contribution in [0.25, 0.3) is 0 Å². The highest BCUT2D eigenvalue weighted by molar-refractivity contribution is 8.63. The Kier molecular flexibility index (Phi) is 5.48. The number of carbonyl (C=O) groups is 1. The van der Waals surface area contributed by atoms with E-state index in [1.807, 2.05) is 0 Å². The van der Waals surface area contributed by atoms with Crippen molar-refractivity contribution in [2.75, 3.05) is 0 Å². The standard InChI is InChI=1S/C10H17NOP4S/c1-2-3-6-4-5-7-8(9(6)12)10(11-17-7)16(14)15-13/h6,15H,2-5,13-14H2,1H3. The molecule has 5 atom stereocenters. The molecule has 0 aliphatic heterocycles. The molecule has 1 aromatic rings. The fourth-order valence-electron chi connectivity index (χ4n) is 2.22. The molecule has 7 heteroatoms. The summed E-state index contributed by atoms with van der Waals surface area (Å²) in [6.45, 7) is 2.15. The molecule has 0 saturated heterocycles. The molecule has 0 N–H and O–H groups in total. The highest BCUT2D eigenvalue weighted by Gasteiger charge is 2.32. The van der Waals surface area contributed by atoms with Gasteiger partial charge < -0.3 is 0 Å². The van der Waals surface area contributed by atoms with Crippen LogP contribution in [0.15, 0.2) is 0 Å². The van der Waals surface area contributed by atoms with Crippen molar-refractivity contribution in [2.45, 2.75) is 32.6 Å². The first-order valence-corrected chi connectivity index (χ1v) is 13.1. The first kappa shape index (κ1) is 14.4. The van der Waals surface area contributed by atoms with Crippen molar-refractivity contribution in [3.8, 4) is 0 Å². The molecule has 94 valence electrons. The molecule has 17 heavy (non-hydrogen) atoms. The van der Waals surface area contributed by atoms with Crippen LogP contribution in [0.5, 0.6) is 0 Å². The van der Waals surface area contributed by atoms with E-state index < -0.39 is 0 Å². The van der Waals surface area contributed by atoms with E-state index in [2.05, 4.69) is 29.2 Å². The van der Waals surface area contributed by atoms with Crippen LogP contribution in [0.4, 0.5) is 0 Å². The summed E-state index contributed by atoms with van der Waals surface area (Å²) in [5, 5.41) is 0. The average Bonchev–Trinajstić information content (AvgIpc) is 2.76. The van der Waals surface area contributed by atoms with Gasteiger partial charge in [0.1, 0.15) is 0 Å². The van der Waals surface area contributed by atoms with Gasteiger partial charge in [-0.25, -0.2) is 0 Å². The topological polar surface area (TPSA) is 30.0 Å². The minimum atomic E-state index is -0.320. The largest absolute Gasteiger partial charge is 0.294 e. The summed E-state index contributed by atoms with van der Waals surface area (Å²) in [6, 6.07) is 0. The molecular weight excluding hydrogens is 306 g/mol. The molecule has 0 amide bonds. The molecule has 2 nitrogen and oxygen atoms in total. The third-order valence-corrected chi connectivity index (χ3v) is 13.9. The third-order valence-electron chi connectivity index (χ3n) is 3.09. The molecule has 0 fully saturated rings. The Morgan fingerprint density at radius 1 is 1.65 bits per heavy atom. The number of ketones is 1. The molecule has 0 radical (unpaired) electrons. The van der Waals surface area contributed by atoms with Crippen molar-refractivity contribution >= 4 is 55.9 Å². The van der Waals surface area contributed by atoms with E-state index in [1.165, 1.54) is 4.88 Å². The molecule has 2 rings (SSSR count). The van der Waals surface area contributed by atoms with Gasteiger partial charge in [0.05, 0.1) is 11.0 Å². The van der Waals surface area contributed by atoms with Crippen LogP contribution in [0.1, 0.15) is 41.4 Å². The number of nitrogens with zero attached hydrogens (tertiary/aromatic N) is 1. The van der Waals surface area contributed by atoms with Gasteiger partial charge in [-0.1, -0.05) is 21.3 Å². The number of carbonyl (C=O) groups excluding carboxylic acids is 1. The van der Waals surface area contributed by atoms with Gasteiger partial charge in [0, 0.05) is 10.8 Å². The molecule has 1 aliphatic rings. The summed E-state index contributed by atoms with van der Waals surface area (Å²) in [4.78, 5) is 13.7. The number of fused-ring (bicyclic) bond motifs is 1. The molecule has 0 saturated carbocycles. The normalized spacial score (nSPS) is 22.1. The zero-order valence-electron chi connectivity index (χ0n) is 9.77. The molecule has 5 unspecified atom stereocenters. The predicted octanol–water partition coefficient (Wildman–Crippen LogP) is 3.97. The maximum Gasteiger partial charge on any atom is 0.169 e. The average molecular weight is 323 g/mol. The summed E-state index contributed by atoms with van der Waals surface area (Å²) in [5.74, 6) is 0.624. The lowest BCUT2D eigenvalue weighted by atomic mass is 9.85. The van der Waals surface area contributed by atoms with E-state index in [0.717, 1.165) is 44.6 Å². The first-order chi connectivity index (χ1) is 8.19. The fourth-order valence-corrected chi connectivity index (χ4v) is 7.15. The number of hydrogen-bond acceptors (Lipinski definition) is 3. The lowest BCUT2D eigenvalue weighted by Gasteiger charge is -2.21. The zero-order valence-corrected chi connectivity index (χ0v) is 14.8. The predicted molar refractivity (Wildman–Crippen MR) is 87.5 cm³/mol. The molecule has 0 spiro atoms. The monoisotopic (exact) mass is 323 g/mol. The van der Waals surface area contributed by atoms with Gasteiger partial charge in [-0.05, 0) is 38.1 Å². The summed E-state index contributed by atoms with van der Waals surface area (Å²) in [6.07, 6.45) is 4.21. The molecule has 0 bridgehead atoms. The van der Waals surface area contributed by atoms with Crippen LogP contribution in [0.2, 0.25) is 0 Å².